The molecule has 2 aromatic carbocycles. The number of aromatic hydroxyl groups is 1. The molecule has 3 heteroatoms. The molecule has 2 rings (SSSR count). The first kappa shape index (κ1) is 15.1. The summed E-state index contributed by atoms with van der Waals surface area (Å²) in [6, 6.07) is 14.8. The van der Waals surface area contributed by atoms with Crippen molar-refractivity contribution in [2.75, 3.05) is 0 Å². The van der Waals surface area contributed by atoms with Crippen LogP contribution in [-0.4, -0.2) is 16.0 Å². The predicted molar refractivity (Wildman–Crippen MR) is 85.1 cm³/mol. The van der Waals surface area contributed by atoms with Crippen molar-refractivity contribution >= 4 is 5.71 Å². The maximum Gasteiger partial charge on any atom is 0.125 e. The Balaban J connectivity index is 2.35. The second-order valence-electron chi connectivity index (χ2n) is 5.60. The van der Waals surface area contributed by atoms with Gasteiger partial charge in [0.2, 0.25) is 0 Å². The van der Waals surface area contributed by atoms with Gasteiger partial charge in [0, 0.05) is 11.1 Å². The zero-order valence-corrected chi connectivity index (χ0v) is 12.5. The molecule has 0 saturated heterocycles. The van der Waals surface area contributed by atoms with Gasteiger partial charge < -0.3 is 10.3 Å². The molecule has 0 heterocycles. The van der Waals surface area contributed by atoms with Gasteiger partial charge in [-0.2, -0.15) is 0 Å². The van der Waals surface area contributed by atoms with Gasteiger partial charge in [-0.1, -0.05) is 55.4 Å². The summed E-state index contributed by atoms with van der Waals surface area (Å²) in [4.78, 5) is 0. The standard InChI is InChI=1S/C18H21NO2/c1-13(2)8-9-14-10-11-17(20)16(12-14)18(19-21)15-6-4-3-5-7-15/h3-7,10-13,20-21H,8-9H2,1-2H3. The molecule has 0 aromatic heterocycles. The van der Waals surface area contributed by atoms with E-state index >= 15 is 0 Å². The molecule has 0 bridgehead atoms. The topological polar surface area (TPSA) is 52.8 Å². The summed E-state index contributed by atoms with van der Waals surface area (Å²) in [7, 11) is 0. The first-order chi connectivity index (χ1) is 10.1. The van der Waals surface area contributed by atoms with Crippen LogP contribution in [0.2, 0.25) is 0 Å². The molecule has 0 aliphatic rings. The molecule has 0 atom stereocenters. The molecule has 0 spiro atoms. The van der Waals surface area contributed by atoms with Gasteiger partial charge in [-0.25, -0.2) is 0 Å². The highest BCUT2D eigenvalue weighted by atomic mass is 16.4. The zero-order valence-electron chi connectivity index (χ0n) is 12.5. The first-order valence-electron chi connectivity index (χ1n) is 7.21. The number of phenols is 1. The Morgan fingerprint density at radius 3 is 2.43 bits per heavy atom. The van der Waals surface area contributed by atoms with E-state index in [1.54, 1.807) is 6.07 Å². The Morgan fingerprint density at radius 1 is 1.10 bits per heavy atom. The summed E-state index contributed by atoms with van der Waals surface area (Å²) in [5.74, 6) is 0.752. The van der Waals surface area contributed by atoms with Crippen molar-refractivity contribution in [3.63, 3.8) is 0 Å². The molecule has 0 unspecified atom stereocenters. The van der Waals surface area contributed by atoms with E-state index < -0.39 is 0 Å². The second-order valence-corrected chi connectivity index (χ2v) is 5.60. The van der Waals surface area contributed by atoms with Crippen LogP contribution in [0.15, 0.2) is 53.7 Å². The minimum atomic E-state index is 0.125. The molecule has 0 fully saturated rings. The van der Waals surface area contributed by atoms with E-state index in [2.05, 4.69) is 19.0 Å². The highest BCUT2D eigenvalue weighted by Crippen LogP contribution is 2.24. The van der Waals surface area contributed by atoms with Crippen LogP contribution in [-0.2, 0) is 6.42 Å². The van der Waals surface area contributed by atoms with Gasteiger partial charge in [-0.15, -0.1) is 0 Å². The van der Waals surface area contributed by atoms with Gasteiger partial charge >= 0.3 is 0 Å². The van der Waals surface area contributed by atoms with Crippen LogP contribution in [0.4, 0.5) is 0 Å². The maximum atomic E-state index is 10.1. The monoisotopic (exact) mass is 283 g/mol. The number of hydrogen-bond acceptors (Lipinski definition) is 3. The molecule has 2 N–H and O–H groups in total. The van der Waals surface area contributed by atoms with Crippen LogP contribution in [0.25, 0.3) is 0 Å². The second kappa shape index (κ2) is 6.93. The van der Waals surface area contributed by atoms with Crippen LogP contribution in [0, 0.1) is 5.92 Å². The summed E-state index contributed by atoms with van der Waals surface area (Å²) in [6.07, 6.45) is 2.03. The normalized spacial score (nSPS) is 11.9. The fraction of sp³-hybridized carbons (Fsp3) is 0.278. The fourth-order valence-electron chi connectivity index (χ4n) is 2.25. The van der Waals surface area contributed by atoms with Crippen LogP contribution in [0.3, 0.4) is 0 Å². The van der Waals surface area contributed by atoms with Gasteiger partial charge in [-0.05, 0) is 36.5 Å². The smallest absolute Gasteiger partial charge is 0.125 e. The van der Waals surface area contributed by atoms with Crippen LogP contribution >= 0.6 is 0 Å². The van der Waals surface area contributed by atoms with Crippen molar-refractivity contribution in [1.82, 2.24) is 0 Å². The van der Waals surface area contributed by atoms with E-state index in [1.807, 2.05) is 42.5 Å². The van der Waals surface area contributed by atoms with Crippen LogP contribution < -0.4 is 0 Å². The molecule has 21 heavy (non-hydrogen) atoms. The number of rotatable bonds is 5. The third-order valence-corrected chi connectivity index (χ3v) is 3.47. The third-order valence-electron chi connectivity index (χ3n) is 3.47. The molecule has 0 aliphatic heterocycles. The van der Waals surface area contributed by atoms with Crippen molar-refractivity contribution in [3.05, 3.63) is 65.2 Å². The summed E-state index contributed by atoms with van der Waals surface area (Å²) < 4.78 is 0. The Morgan fingerprint density at radius 2 is 1.81 bits per heavy atom. The Labute approximate surface area is 125 Å². The van der Waals surface area contributed by atoms with Gasteiger partial charge in [-0.3, -0.25) is 0 Å². The van der Waals surface area contributed by atoms with Gasteiger partial charge in [0.15, 0.2) is 0 Å². The van der Waals surface area contributed by atoms with Crippen molar-refractivity contribution in [1.29, 1.82) is 0 Å². The van der Waals surface area contributed by atoms with E-state index in [4.69, 9.17) is 0 Å². The zero-order chi connectivity index (χ0) is 15.2. The summed E-state index contributed by atoms with van der Waals surface area (Å²) >= 11 is 0. The Hall–Kier alpha value is -2.29. The lowest BCUT2D eigenvalue weighted by atomic mass is 9.96. The number of oxime groups is 1. The molecular formula is C18H21NO2. The van der Waals surface area contributed by atoms with Crippen LogP contribution in [0.1, 0.15) is 37.0 Å². The lowest BCUT2D eigenvalue weighted by molar-refractivity contribution is 0.319. The SMILES string of the molecule is CC(C)CCc1ccc(O)c(C(=NO)c2ccccc2)c1. The summed E-state index contributed by atoms with van der Waals surface area (Å²) in [6.45, 7) is 4.37. The largest absolute Gasteiger partial charge is 0.507 e. The first-order valence-corrected chi connectivity index (χ1v) is 7.21. The van der Waals surface area contributed by atoms with Gasteiger partial charge in [0.05, 0.1) is 0 Å². The molecule has 0 aliphatic carbocycles. The maximum absolute atomic E-state index is 10.1. The lowest BCUT2D eigenvalue weighted by Crippen LogP contribution is -2.05. The quantitative estimate of drug-likeness (QED) is 0.490. The minimum Gasteiger partial charge on any atom is -0.507 e. The molecule has 0 radical (unpaired) electrons. The van der Waals surface area contributed by atoms with E-state index in [0.29, 0.717) is 17.2 Å². The number of hydrogen-bond donors (Lipinski definition) is 2. The molecule has 2 aromatic rings. The molecule has 3 nitrogen and oxygen atoms in total. The van der Waals surface area contributed by atoms with Crippen molar-refractivity contribution in [2.45, 2.75) is 26.7 Å². The highest BCUT2D eigenvalue weighted by molar-refractivity contribution is 6.14. The number of phenolic OH excluding ortho intramolecular Hbond substituents is 1. The van der Waals surface area contributed by atoms with Crippen LogP contribution in [0.5, 0.6) is 5.75 Å². The highest BCUT2D eigenvalue weighted by Gasteiger charge is 2.13. The average molecular weight is 283 g/mol. The van der Waals surface area contributed by atoms with E-state index in [0.717, 1.165) is 24.0 Å². The summed E-state index contributed by atoms with van der Waals surface area (Å²) in [5, 5.41) is 22.8. The molecule has 110 valence electrons. The van der Waals surface area contributed by atoms with E-state index in [-0.39, 0.29) is 5.75 Å². The molecule has 0 saturated carbocycles. The number of benzene rings is 2. The lowest BCUT2D eigenvalue weighted by Gasteiger charge is -2.10. The fourth-order valence-corrected chi connectivity index (χ4v) is 2.25. The van der Waals surface area contributed by atoms with E-state index in [9.17, 15) is 10.3 Å². The van der Waals surface area contributed by atoms with Gasteiger partial charge in [0.25, 0.3) is 0 Å². The van der Waals surface area contributed by atoms with Crippen molar-refractivity contribution in [3.8, 4) is 5.75 Å². The Kier molecular flexibility index (Phi) is 4.99. The Bertz CT molecular complexity index is 618. The third kappa shape index (κ3) is 3.85. The van der Waals surface area contributed by atoms with Gasteiger partial charge in [0.1, 0.15) is 11.5 Å². The minimum absolute atomic E-state index is 0.125. The molecular weight excluding hydrogens is 262 g/mol. The van der Waals surface area contributed by atoms with Crippen molar-refractivity contribution < 1.29 is 10.3 Å². The average Bonchev–Trinajstić information content (AvgIpc) is 2.49. The van der Waals surface area contributed by atoms with Crippen molar-refractivity contribution in [2.24, 2.45) is 11.1 Å². The molecule has 0 amide bonds. The number of aryl methyl sites for hydroxylation is 1. The summed E-state index contributed by atoms with van der Waals surface area (Å²) in [5.41, 5.74) is 2.86. The van der Waals surface area contributed by atoms with E-state index in [1.165, 1.54) is 0 Å². The predicted octanol–water partition coefficient (Wildman–Crippen LogP) is 4.21. The number of nitrogens with zero attached hydrogens (tertiary/aromatic N) is 1.